The third-order valence-electron chi connectivity index (χ3n) is 7.17. The third kappa shape index (κ3) is 5.91. The lowest BCUT2D eigenvalue weighted by atomic mass is 10.2. The summed E-state index contributed by atoms with van der Waals surface area (Å²) < 4.78 is 26.9. The first-order valence-electron chi connectivity index (χ1n) is 13.9. The Hall–Kier alpha value is -4.35. The lowest BCUT2D eigenvalue weighted by Gasteiger charge is -2.40. The summed E-state index contributed by atoms with van der Waals surface area (Å²) in [5.41, 5.74) is 2.05. The van der Waals surface area contributed by atoms with Crippen molar-refractivity contribution in [2.75, 3.05) is 29.9 Å². The van der Waals surface area contributed by atoms with Crippen LogP contribution in [-0.2, 0) is 4.74 Å². The first-order chi connectivity index (χ1) is 19.5. The fourth-order valence-corrected chi connectivity index (χ4v) is 5.06. The van der Waals surface area contributed by atoms with E-state index in [2.05, 4.69) is 35.4 Å². The summed E-state index contributed by atoms with van der Waals surface area (Å²) in [5.74, 6) is 1.73. The molecule has 0 bridgehead atoms. The van der Waals surface area contributed by atoms with Crippen LogP contribution in [0.15, 0.2) is 30.3 Å². The highest BCUT2D eigenvalue weighted by molar-refractivity contribution is 5.82. The van der Waals surface area contributed by atoms with Crippen LogP contribution in [0.1, 0.15) is 57.8 Å². The molecule has 1 aliphatic carbocycles. The number of nitrogens with one attached hydrogen (secondary N) is 3. The van der Waals surface area contributed by atoms with Crippen LogP contribution in [0.4, 0.5) is 26.6 Å². The standard InChI is InChI=1S/C29H35FN8O3/c1-16-12-19-20(31-16)8-9-22(26(19)30)40-27-33-23(32-24-13-21(35-36-24)18-6-7-18)14-25(34-27)38-11-10-37(15-17(38)2)28(39)41-29(3,4)5/h8-9,12-14,17-18,31H,6-7,10-11,15H2,1-5H3,(H2,32,33,34,35,36). The molecule has 1 saturated heterocycles. The van der Waals surface area contributed by atoms with E-state index in [0.717, 1.165) is 24.2 Å². The topological polar surface area (TPSA) is 124 Å². The Morgan fingerprint density at radius 2 is 1.93 bits per heavy atom. The van der Waals surface area contributed by atoms with Crippen LogP contribution in [0, 0.1) is 12.7 Å². The van der Waals surface area contributed by atoms with E-state index in [1.165, 1.54) is 0 Å². The predicted octanol–water partition coefficient (Wildman–Crippen LogP) is 5.99. The van der Waals surface area contributed by atoms with Gasteiger partial charge in [0.05, 0.1) is 0 Å². The van der Waals surface area contributed by atoms with E-state index in [0.29, 0.717) is 53.9 Å². The lowest BCUT2D eigenvalue weighted by Crippen LogP contribution is -2.54. The number of carbonyl (C=O) groups is 1. The number of H-pyrrole nitrogens is 2. The SMILES string of the molecule is Cc1cc2c(F)c(Oc3nc(Nc4cc(C5CC5)[nH]n4)cc(N4CCN(C(=O)OC(C)(C)C)CC4C)n3)ccc2[nH]1. The number of hydrogen-bond acceptors (Lipinski definition) is 8. The average molecular weight is 563 g/mol. The molecule has 3 aromatic heterocycles. The van der Waals surface area contributed by atoms with Crippen molar-refractivity contribution in [3.05, 3.63) is 47.5 Å². The summed E-state index contributed by atoms with van der Waals surface area (Å²) in [4.78, 5) is 28.8. The van der Waals surface area contributed by atoms with Crippen molar-refractivity contribution in [2.24, 2.45) is 0 Å². The Balaban J connectivity index is 1.28. The molecule has 12 heteroatoms. The van der Waals surface area contributed by atoms with Crippen LogP contribution in [0.5, 0.6) is 11.8 Å². The van der Waals surface area contributed by atoms with Crippen LogP contribution < -0.4 is 15.0 Å². The molecular formula is C29H35FN8O3. The number of aromatic amines is 2. The van der Waals surface area contributed by atoms with Crippen LogP contribution in [0.3, 0.4) is 0 Å². The van der Waals surface area contributed by atoms with Gasteiger partial charge in [-0.3, -0.25) is 5.10 Å². The van der Waals surface area contributed by atoms with Crippen molar-refractivity contribution < 1.29 is 18.7 Å². The van der Waals surface area contributed by atoms with Gasteiger partial charge in [0.1, 0.15) is 17.2 Å². The molecule has 1 amide bonds. The minimum Gasteiger partial charge on any atom is -0.444 e. The number of nitrogens with zero attached hydrogens (tertiary/aromatic N) is 5. The molecule has 1 aliphatic heterocycles. The van der Waals surface area contributed by atoms with Crippen molar-refractivity contribution in [2.45, 2.75) is 65.0 Å². The molecule has 4 heterocycles. The van der Waals surface area contributed by atoms with Crippen molar-refractivity contribution >= 4 is 34.4 Å². The van der Waals surface area contributed by atoms with E-state index in [1.54, 1.807) is 23.1 Å². The monoisotopic (exact) mass is 562 g/mol. The Morgan fingerprint density at radius 3 is 2.66 bits per heavy atom. The number of rotatable bonds is 6. The Bertz CT molecular complexity index is 1590. The highest BCUT2D eigenvalue weighted by Gasteiger charge is 2.31. The fourth-order valence-electron chi connectivity index (χ4n) is 5.06. The quantitative estimate of drug-likeness (QED) is 0.262. The summed E-state index contributed by atoms with van der Waals surface area (Å²) >= 11 is 0. The zero-order valence-corrected chi connectivity index (χ0v) is 23.9. The molecule has 1 atom stereocenters. The smallest absolute Gasteiger partial charge is 0.410 e. The number of ether oxygens (including phenoxy) is 2. The molecule has 1 saturated carbocycles. The summed E-state index contributed by atoms with van der Waals surface area (Å²) in [5, 5.41) is 11.1. The summed E-state index contributed by atoms with van der Waals surface area (Å²) in [6, 6.07) is 8.78. The van der Waals surface area contributed by atoms with Crippen molar-refractivity contribution in [1.82, 2.24) is 30.0 Å². The first kappa shape index (κ1) is 26.9. The lowest BCUT2D eigenvalue weighted by molar-refractivity contribution is 0.0218. The first-order valence-corrected chi connectivity index (χ1v) is 13.9. The molecule has 0 radical (unpaired) electrons. The number of anilines is 3. The number of hydrogen-bond donors (Lipinski definition) is 3. The number of amides is 1. The van der Waals surface area contributed by atoms with Gasteiger partial charge in [-0.05, 0) is 65.7 Å². The summed E-state index contributed by atoms with van der Waals surface area (Å²) in [7, 11) is 0. The molecule has 41 heavy (non-hydrogen) atoms. The second-order valence-corrected chi connectivity index (χ2v) is 11.9. The number of aromatic nitrogens is 5. The van der Waals surface area contributed by atoms with Gasteiger partial charge in [-0.15, -0.1) is 0 Å². The molecule has 1 unspecified atom stereocenters. The number of aryl methyl sites for hydroxylation is 1. The maximum Gasteiger partial charge on any atom is 0.410 e. The molecule has 11 nitrogen and oxygen atoms in total. The molecule has 1 aromatic carbocycles. The fraction of sp³-hybridized carbons (Fsp3) is 0.448. The molecule has 216 valence electrons. The second kappa shape index (κ2) is 10.2. The van der Waals surface area contributed by atoms with Gasteiger partial charge in [-0.2, -0.15) is 15.1 Å². The van der Waals surface area contributed by atoms with E-state index in [-0.39, 0.29) is 23.9 Å². The molecule has 3 N–H and O–H groups in total. The molecule has 6 rings (SSSR count). The van der Waals surface area contributed by atoms with Gasteiger partial charge in [0.2, 0.25) is 0 Å². The maximum atomic E-state index is 15.4. The number of piperazine rings is 1. The molecule has 2 fully saturated rings. The van der Waals surface area contributed by atoms with Crippen LogP contribution >= 0.6 is 0 Å². The van der Waals surface area contributed by atoms with Gasteiger partial charge in [0, 0.05) is 66.0 Å². The third-order valence-corrected chi connectivity index (χ3v) is 7.17. The largest absolute Gasteiger partial charge is 0.444 e. The van der Waals surface area contributed by atoms with E-state index in [4.69, 9.17) is 9.47 Å². The average Bonchev–Trinajstić information content (AvgIpc) is 3.52. The van der Waals surface area contributed by atoms with Crippen molar-refractivity contribution in [1.29, 1.82) is 0 Å². The van der Waals surface area contributed by atoms with Gasteiger partial charge in [-0.1, -0.05) is 0 Å². The van der Waals surface area contributed by atoms with Crippen molar-refractivity contribution in [3.8, 4) is 11.8 Å². The number of benzene rings is 1. The maximum absolute atomic E-state index is 15.4. The summed E-state index contributed by atoms with van der Waals surface area (Å²) in [6.45, 7) is 10.9. The number of fused-ring (bicyclic) bond motifs is 1. The van der Waals surface area contributed by atoms with Gasteiger partial charge in [0.15, 0.2) is 17.4 Å². The van der Waals surface area contributed by atoms with Crippen LogP contribution in [-0.4, -0.2) is 67.4 Å². The van der Waals surface area contributed by atoms with E-state index >= 15 is 4.39 Å². The minimum atomic E-state index is -0.570. The highest BCUT2D eigenvalue weighted by Crippen LogP contribution is 2.40. The Morgan fingerprint density at radius 1 is 1.12 bits per heavy atom. The normalized spacial score (nSPS) is 17.7. The van der Waals surface area contributed by atoms with E-state index in [1.807, 2.05) is 46.8 Å². The molecular weight excluding hydrogens is 527 g/mol. The van der Waals surface area contributed by atoms with Gasteiger partial charge < -0.3 is 29.6 Å². The number of halogens is 1. The zero-order chi connectivity index (χ0) is 28.9. The minimum absolute atomic E-state index is 0.00442. The van der Waals surface area contributed by atoms with Gasteiger partial charge in [-0.25, -0.2) is 9.18 Å². The molecule has 4 aromatic rings. The summed E-state index contributed by atoms with van der Waals surface area (Å²) in [6.07, 6.45) is 1.97. The van der Waals surface area contributed by atoms with Gasteiger partial charge in [0.25, 0.3) is 0 Å². The van der Waals surface area contributed by atoms with Crippen LogP contribution in [0.2, 0.25) is 0 Å². The molecule has 0 spiro atoms. The number of carbonyl (C=O) groups excluding carboxylic acids is 1. The predicted molar refractivity (Wildman–Crippen MR) is 154 cm³/mol. The second-order valence-electron chi connectivity index (χ2n) is 11.9. The Kier molecular flexibility index (Phi) is 6.71. The molecule has 2 aliphatic rings. The zero-order valence-electron chi connectivity index (χ0n) is 23.9. The van der Waals surface area contributed by atoms with E-state index in [9.17, 15) is 4.79 Å². The Labute approximate surface area is 237 Å². The van der Waals surface area contributed by atoms with Crippen LogP contribution in [0.25, 0.3) is 10.9 Å². The van der Waals surface area contributed by atoms with Crippen molar-refractivity contribution in [3.63, 3.8) is 0 Å². The van der Waals surface area contributed by atoms with Gasteiger partial charge >= 0.3 is 12.1 Å². The highest BCUT2D eigenvalue weighted by atomic mass is 19.1. The van der Waals surface area contributed by atoms with E-state index < -0.39 is 11.4 Å².